The Labute approximate surface area is 125 Å². The normalized spacial score (nSPS) is 12.3. The van der Waals surface area contributed by atoms with Gasteiger partial charge in [-0.1, -0.05) is 17.7 Å². The Morgan fingerprint density at radius 2 is 2.00 bits per heavy atom. The minimum absolute atomic E-state index is 0.0817. The van der Waals surface area contributed by atoms with E-state index in [9.17, 15) is 9.18 Å². The number of rotatable bonds is 3. The van der Waals surface area contributed by atoms with Crippen LogP contribution in [0.15, 0.2) is 36.4 Å². The molecule has 0 saturated heterocycles. The van der Waals surface area contributed by atoms with Crippen molar-refractivity contribution in [3.8, 4) is 11.5 Å². The van der Waals surface area contributed by atoms with E-state index in [1.54, 1.807) is 12.1 Å². The van der Waals surface area contributed by atoms with Gasteiger partial charge >= 0.3 is 0 Å². The fourth-order valence-electron chi connectivity index (χ4n) is 2.00. The van der Waals surface area contributed by atoms with Gasteiger partial charge in [0, 0.05) is 6.54 Å². The minimum Gasteiger partial charge on any atom is -0.454 e. The molecule has 0 radical (unpaired) electrons. The van der Waals surface area contributed by atoms with E-state index in [-0.39, 0.29) is 23.3 Å². The predicted octanol–water partition coefficient (Wildman–Crippen LogP) is 3.14. The number of nitrogens with one attached hydrogen (secondary N) is 1. The molecule has 2 aromatic carbocycles. The maximum absolute atomic E-state index is 12.9. The zero-order valence-electron chi connectivity index (χ0n) is 10.9. The van der Waals surface area contributed by atoms with Gasteiger partial charge in [0.15, 0.2) is 11.5 Å². The molecular formula is C15H11ClFNO3. The molecule has 108 valence electrons. The Bertz CT molecular complexity index is 705. The monoisotopic (exact) mass is 307 g/mol. The maximum Gasteiger partial charge on any atom is 0.253 e. The fourth-order valence-corrected chi connectivity index (χ4v) is 2.26. The van der Waals surface area contributed by atoms with Crippen molar-refractivity contribution < 1.29 is 18.7 Å². The number of hydrogen-bond acceptors (Lipinski definition) is 3. The minimum atomic E-state index is -0.479. The highest BCUT2D eigenvalue weighted by Crippen LogP contribution is 2.32. The first-order chi connectivity index (χ1) is 10.1. The summed E-state index contributed by atoms with van der Waals surface area (Å²) < 4.78 is 23.4. The summed E-state index contributed by atoms with van der Waals surface area (Å²) in [5.41, 5.74) is 1.10. The lowest BCUT2D eigenvalue weighted by molar-refractivity contribution is 0.0951. The Hall–Kier alpha value is -2.27. The van der Waals surface area contributed by atoms with Crippen molar-refractivity contribution in [1.82, 2.24) is 5.32 Å². The van der Waals surface area contributed by atoms with Crippen LogP contribution < -0.4 is 14.8 Å². The Morgan fingerprint density at radius 1 is 1.19 bits per heavy atom. The molecule has 0 fully saturated rings. The molecule has 1 aliphatic heterocycles. The number of fused-ring (bicyclic) bond motifs is 1. The Balaban J connectivity index is 1.68. The van der Waals surface area contributed by atoms with Crippen LogP contribution in [0.5, 0.6) is 11.5 Å². The zero-order chi connectivity index (χ0) is 14.8. The highest BCUT2D eigenvalue weighted by Gasteiger charge is 2.14. The number of hydrogen-bond donors (Lipinski definition) is 1. The third kappa shape index (κ3) is 2.92. The van der Waals surface area contributed by atoms with Crippen molar-refractivity contribution in [1.29, 1.82) is 0 Å². The SMILES string of the molecule is O=C(NCc1ccc2c(c1)OCO2)c1ccc(F)cc1Cl. The molecule has 1 N–H and O–H groups in total. The summed E-state index contributed by atoms with van der Waals surface area (Å²) in [6.45, 7) is 0.513. The van der Waals surface area contributed by atoms with E-state index in [1.807, 2.05) is 6.07 Å². The van der Waals surface area contributed by atoms with E-state index in [0.717, 1.165) is 11.6 Å². The van der Waals surface area contributed by atoms with E-state index in [2.05, 4.69) is 5.32 Å². The summed E-state index contributed by atoms with van der Waals surface area (Å²) in [5.74, 6) is 0.498. The van der Waals surface area contributed by atoms with Gasteiger partial charge < -0.3 is 14.8 Å². The highest BCUT2D eigenvalue weighted by atomic mass is 35.5. The number of carbonyl (C=O) groups is 1. The molecule has 4 nitrogen and oxygen atoms in total. The third-order valence-corrected chi connectivity index (χ3v) is 3.38. The molecule has 0 spiro atoms. The van der Waals surface area contributed by atoms with Crippen LogP contribution in [0.2, 0.25) is 5.02 Å². The topological polar surface area (TPSA) is 47.6 Å². The number of amides is 1. The Kier molecular flexibility index (Phi) is 3.66. The van der Waals surface area contributed by atoms with E-state index < -0.39 is 5.82 Å². The second kappa shape index (κ2) is 5.61. The lowest BCUT2D eigenvalue weighted by atomic mass is 10.1. The smallest absolute Gasteiger partial charge is 0.253 e. The van der Waals surface area contributed by atoms with Crippen LogP contribution in [-0.4, -0.2) is 12.7 Å². The van der Waals surface area contributed by atoms with Crippen LogP contribution in [0, 0.1) is 5.82 Å². The van der Waals surface area contributed by atoms with Gasteiger partial charge in [0.2, 0.25) is 6.79 Å². The lowest BCUT2D eigenvalue weighted by Crippen LogP contribution is -2.23. The number of halogens is 2. The van der Waals surface area contributed by atoms with Crippen molar-refractivity contribution in [2.24, 2.45) is 0 Å². The first-order valence-electron chi connectivity index (χ1n) is 6.25. The lowest BCUT2D eigenvalue weighted by Gasteiger charge is -2.07. The van der Waals surface area contributed by atoms with E-state index in [1.165, 1.54) is 12.1 Å². The molecule has 0 unspecified atom stereocenters. The van der Waals surface area contributed by atoms with Crippen molar-refractivity contribution in [2.75, 3.05) is 6.79 Å². The molecule has 0 aliphatic carbocycles. The van der Waals surface area contributed by atoms with Crippen LogP contribution in [0.25, 0.3) is 0 Å². The van der Waals surface area contributed by atoms with Gasteiger partial charge in [-0.2, -0.15) is 0 Å². The molecule has 1 heterocycles. The van der Waals surface area contributed by atoms with Gasteiger partial charge in [-0.3, -0.25) is 4.79 Å². The first-order valence-corrected chi connectivity index (χ1v) is 6.63. The van der Waals surface area contributed by atoms with Crippen molar-refractivity contribution in [3.05, 3.63) is 58.4 Å². The molecule has 0 aromatic heterocycles. The van der Waals surface area contributed by atoms with Gasteiger partial charge in [0.05, 0.1) is 10.6 Å². The van der Waals surface area contributed by atoms with Gasteiger partial charge in [-0.15, -0.1) is 0 Å². The quantitative estimate of drug-likeness (QED) is 0.947. The van der Waals surface area contributed by atoms with Gasteiger partial charge in [-0.05, 0) is 35.9 Å². The van der Waals surface area contributed by atoms with Crippen molar-refractivity contribution >= 4 is 17.5 Å². The van der Waals surface area contributed by atoms with Gasteiger partial charge in [-0.25, -0.2) is 4.39 Å². The molecule has 1 amide bonds. The molecule has 3 rings (SSSR count). The second-order valence-corrected chi connectivity index (χ2v) is 4.90. The predicted molar refractivity (Wildman–Crippen MR) is 75.1 cm³/mol. The summed E-state index contributed by atoms with van der Waals surface area (Å²) in [6.07, 6.45) is 0. The summed E-state index contributed by atoms with van der Waals surface area (Å²) in [6, 6.07) is 9.08. The molecule has 21 heavy (non-hydrogen) atoms. The van der Waals surface area contributed by atoms with Crippen LogP contribution in [0.3, 0.4) is 0 Å². The third-order valence-electron chi connectivity index (χ3n) is 3.07. The molecule has 0 bridgehead atoms. The summed E-state index contributed by atoms with van der Waals surface area (Å²) >= 11 is 5.85. The molecule has 1 aliphatic rings. The first kappa shape index (κ1) is 13.7. The highest BCUT2D eigenvalue weighted by molar-refractivity contribution is 6.33. The Morgan fingerprint density at radius 3 is 2.81 bits per heavy atom. The zero-order valence-corrected chi connectivity index (χ0v) is 11.6. The van der Waals surface area contributed by atoms with Gasteiger partial charge in [0.25, 0.3) is 5.91 Å². The summed E-state index contributed by atoms with van der Waals surface area (Å²) in [4.78, 5) is 12.0. The van der Waals surface area contributed by atoms with Crippen molar-refractivity contribution in [2.45, 2.75) is 6.54 Å². The largest absolute Gasteiger partial charge is 0.454 e. The maximum atomic E-state index is 12.9. The van der Waals surface area contributed by atoms with Crippen LogP contribution in [-0.2, 0) is 6.54 Å². The number of benzene rings is 2. The molecular weight excluding hydrogens is 297 g/mol. The molecule has 0 saturated carbocycles. The molecule has 0 atom stereocenters. The van der Waals surface area contributed by atoms with Crippen LogP contribution in [0.4, 0.5) is 4.39 Å². The standard InChI is InChI=1S/C15H11ClFNO3/c16-12-6-10(17)2-3-11(12)15(19)18-7-9-1-4-13-14(5-9)21-8-20-13/h1-6H,7-8H2,(H,18,19). The van der Waals surface area contributed by atoms with Gasteiger partial charge in [0.1, 0.15) is 5.82 Å². The van der Waals surface area contributed by atoms with Crippen LogP contribution >= 0.6 is 11.6 Å². The fraction of sp³-hybridized carbons (Fsp3) is 0.133. The average molecular weight is 308 g/mol. The number of carbonyl (C=O) groups excluding carboxylic acids is 1. The van der Waals surface area contributed by atoms with Crippen LogP contribution in [0.1, 0.15) is 15.9 Å². The van der Waals surface area contributed by atoms with E-state index >= 15 is 0 Å². The van der Waals surface area contributed by atoms with Crippen molar-refractivity contribution in [3.63, 3.8) is 0 Å². The van der Waals surface area contributed by atoms with E-state index in [0.29, 0.717) is 18.0 Å². The second-order valence-electron chi connectivity index (χ2n) is 4.49. The summed E-state index contributed by atoms with van der Waals surface area (Å²) in [5, 5.41) is 2.81. The number of ether oxygens (including phenoxy) is 2. The molecule has 2 aromatic rings. The molecule has 6 heteroatoms. The van der Waals surface area contributed by atoms with E-state index in [4.69, 9.17) is 21.1 Å². The summed E-state index contributed by atoms with van der Waals surface area (Å²) in [7, 11) is 0. The average Bonchev–Trinajstić information content (AvgIpc) is 2.92.